The molecule has 0 fully saturated rings. The third kappa shape index (κ3) is 3.24. The predicted molar refractivity (Wildman–Crippen MR) is 79.2 cm³/mol. The lowest BCUT2D eigenvalue weighted by molar-refractivity contribution is 0.493. The molecule has 2 aromatic rings. The highest BCUT2D eigenvalue weighted by molar-refractivity contribution is 5.25. The Labute approximate surface area is 115 Å². The topological polar surface area (TPSA) is 29.9 Å². The van der Waals surface area contributed by atoms with Crippen LogP contribution in [0.3, 0.4) is 0 Å². The Hall–Kier alpha value is -1.61. The minimum absolute atomic E-state index is 0.314. The van der Waals surface area contributed by atoms with E-state index >= 15 is 0 Å². The standard InChI is InChI=1S/C16H23N3/c1-4-19-12-11-18-16(19)15(17-3)10-9-14-8-6-5-7-13(14)2/h5-8,11-12,15,17H,4,9-10H2,1-3H3. The molecule has 0 bridgehead atoms. The zero-order chi connectivity index (χ0) is 13.7. The number of benzene rings is 1. The number of imidazole rings is 1. The molecule has 0 amide bonds. The van der Waals surface area contributed by atoms with Crippen LogP contribution in [-0.2, 0) is 13.0 Å². The van der Waals surface area contributed by atoms with Gasteiger partial charge in [-0.25, -0.2) is 4.98 Å². The zero-order valence-electron chi connectivity index (χ0n) is 12.1. The van der Waals surface area contributed by atoms with Crippen LogP contribution < -0.4 is 5.32 Å². The van der Waals surface area contributed by atoms with Crippen molar-refractivity contribution in [2.75, 3.05) is 7.05 Å². The number of nitrogens with zero attached hydrogens (tertiary/aromatic N) is 2. The SMILES string of the molecule is CCn1ccnc1C(CCc1ccccc1C)NC. The highest BCUT2D eigenvalue weighted by Crippen LogP contribution is 2.19. The molecule has 0 aliphatic rings. The first kappa shape index (κ1) is 13.8. The largest absolute Gasteiger partial charge is 0.334 e. The Balaban J connectivity index is 2.06. The second-order valence-corrected chi connectivity index (χ2v) is 4.88. The van der Waals surface area contributed by atoms with Crippen molar-refractivity contribution in [2.24, 2.45) is 0 Å². The number of nitrogens with one attached hydrogen (secondary N) is 1. The predicted octanol–water partition coefficient (Wildman–Crippen LogP) is 3.10. The van der Waals surface area contributed by atoms with E-state index in [2.05, 4.69) is 53.0 Å². The second kappa shape index (κ2) is 6.53. The molecule has 0 aliphatic carbocycles. The summed E-state index contributed by atoms with van der Waals surface area (Å²) < 4.78 is 2.21. The van der Waals surface area contributed by atoms with Crippen LogP contribution in [-0.4, -0.2) is 16.6 Å². The van der Waals surface area contributed by atoms with E-state index in [0.29, 0.717) is 6.04 Å². The van der Waals surface area contributed by atoms with E-state index in [-0.39, 0.29) is 0 Å². The second-order valence-electron chi connectivity index (χ2n) is 4.88. The van der Waals surface area contributed by atoms with Crippen molar-refractivity contribution in [2.45, 2.75) is 39.3 Å². The van der Waals surface area contributed by atoms with Crippen LogP contribution in [0.15, 0.2) is 36.7 Å². The van der Waals surface area contributed by atoms with E-state index in [1.807, 2.05) is 19.4 Å². The van der Waals surface area contributed by atoms with Gasteiger partial charge in [0, 0.05) is 18.9 Å². The summed E-state index contributed by atoms with van der Waals surface area (Å²) >= 11 is 0. The van der Waals surface area contributed by atoms with E-state index in [9.17, 15) is 0 Å². The van der Waals surface area contributed by atoms with E-state index < -0.39 is 0 Å². The first-order valence-corrected chi connectivity index (χ1v) is 6.99. The molecule has 3 heteroatoms. The van der Waals surface area contributed by atoms with Crippen LogP contribution in [0.2, 0.25) is 0 Å². The molecular formula is C16H23N3. The Morgan fingerprint density at radius 1 is 1.32 bits per heavy atom. The third-order valence-corrected chi connectivity index (χ3v) is 3.71. The highest BCUT2D eigenvalue weighted by atomic mass is 15.1. The van der Waals surface area contributed by atoms with Crippen LogP contribution in [0.1, 0.15) is 36.3 Å². The molecule has 1 aromatic heterocycles. The summed E-state index contributed by atoms with van der Waals surface area (Å²) in [4.78, 5) is 4.49. The quantitative estimate of drug-likeness (QED) is 0.861. The molecular weight excluding hydrogens is 234 g/mol. The first-order valence-electron chi connectivity index (χ1n) is 6.99. The summed E-state index contributed by atoms with van der Waals surface area (Å²) in [7, 11) is 2.01. The van der Waals surface area contributed by atoms with Gasteiger partial charge in [0.2, 0.25) is 0 Å². The Morgan fingerprint density at radius 3 is 2.79 bits per heavy atom. The van der Waals surface area contributed by atoms with Gasteiger partial charge >= 0.3 is 0 Å². The average molecular weight is 257 g/mol. The van der Waals surface area contributed by atoms with Crippen molar-refractivity contribution in [1.82, 2.24) is 14.9 Å². The summed E-state index contributed by atoms with van der Waals surface area (Å²) in [6, 6.07) is 8.92. The molecule has 0 spiro atoms. The van der Waals surface area contributed by atoms with Crippen molar-refractivity contribution in [3.8, 4) is 0 Å². The van der Waals surface area contributed by atoms with E-state index in [0.717, 1.165) is 25.2 Å². The lowest BCUT2D eigenvalue weighted by Gasteiger charge is -2.17. The number of aromatic nitrogens is 2. The molecule has 0 saturated carbocycles. The monoisotopic (exact) mass is 257 g/mol. The first-order chi connectivity index (χ1) is 9.26. The highest BCUT2D eigenvalue weighted by Gasteiger charge is 2.14. The van der Waals surface area contributed by atoms with E-state index in [1.54, 1.807) is 0 Å². The zero-order valence-corrected chi connectivity index (χ0v) is 12.1. The van der Waals surface area contributed by atoms with Crippen LogP contribution in [0, 0.1) is 6.92 Å². The van der Waals surface area contributed by atoms with E-state index in [1.165, 1.54) is 11.1 Å². The average Bonchev–Trinajstić information content (AvgIpc) is 2.90. The van der Waals surface area contributed by atoms with Gasteiger partial charge < -0.3 is 9.88 Å². The number of aryl methyl sites for hydroxylation is 3. The summed E-state index contributed by atoms with van der Waals surface area (Å²) in [5, 5.41) is 3.39. The number of hydrogen-bond donors (Lipinski definition) is 1. The summed E-state index contributed by atoms with van der Waals surface area (Å²) in [6.07, 6.45) is 6.08. The van der Waals surface area contributed by atoms with Gasteiger partial charge in [-0.05, 0) is 44.9 Å². The maximum atomic E-state index is 4.49. The van der Waals surface area contributed by atoms with Gasteiger partial charge in [-0.15, -0.1) is 0 Å². The van der Waals surface area contributed by atoms with Crippen LogP contribution >= 0.6 is 0 Å². The molecule has 1 unspecified atom stereocenters. The number of rotatable bonds is 6. The van der Waals surface area contributed by atoms with Crippen molar-refractivity contribution in [3.63, 3.8) is 0 Å². The molecule has 1 N–H and O–H groups in total. The Bertz CT molecular complexity index is 516. The fourth-order valence-corrected chi connectivity index (χ4v) is 2.49. The molecule has 1 atom stereocenters. The normalized spacial score (nSPS) is 12.6. The molecule has 3 nitrogen and oxygen atoms in total. The summed E-state index contributed by atoms with van der Waals surface area (Å²) in [5.41, 5.74) is 2.80. The molecule has 19 heavy (non-hydrogen) atoms. The van der Waals surface area contributed by atoms with Crippen LogP contribution in [0.5, 0.6) is 0 Å². The van der Waals surface area contributed by atoms with Crippen molar-refractivity contribution >= 4 is 0 Å². The van der Waals surface area contributed by atoms with Crippen molar-refractivity contribution in [3.05, 3.63) is 53.6 Å². The molecule has 1 heterocycles. The minimum Gasteiger partial charge on any atom is -0.334 e. The Kier molecular flexibility index (Phi) is 4.74. The maximum Gasteiger partial charge on any atom is 0.125 e. The number of hydrogen-bond acceptors (Lipinski definition) is 2. The molecule has 102 valence electrons. The van der Waals surface area contributed by atoms with Crippen LogP contribution in [0.25, 0.3) is 0 Å². The molecule has 1 aromatic carbocycles. The minimum atomic E-state index is 0.314. The van der Waals surface area contributed by atoms with Gasteiger partial charge in [-0.1, -0.05) is 24.3 Å². The molecule has 0 saturated heterocycles. The maximum absolute atomic E-state index is 4.49. The summed E-state index contributed by atoms with van der Waals surface area (Å²) in [6.45, 7) is 5.30. The summed E-state index contributed by atoms with van der Waals surface area (Å²) in [5.74, 6) is 1.14. The molecule has 2 rings (SSSR count). The van der Waals surface area contributed by atoms with Gasteiger partial charge in [0.05, 0.1) is 6.04 Å². The fraction of sp³-hybridized carbons (Fsp3) is 0.438. The van der Waals surface area contributed by atoms with Crippen LogP contribution in [0.4, 0.5) is 0 Å². The smallest absolute Gasteiger partial charge is 0.125 e. The van der Waals surface area contributed by atoms with E-state index in [4.69, 9.17) is 0 Å². The van der Waals surface area contributed by atoms with Gasteiger partial charge in [-0.3, -0.25) is 0 Å². The molecule has 0 aliphatic heterocycles. The lowest BCUT2D eigenvalue weighted by Crippen LogP contribution is -2.21. The Morgan fingerprint density at radius 2 is 2.11 bits per heavy atom. The molecule has 0 radical (unpaired) electrons. The van der Waals surface area contributed by atoms with Crippen molar-refractivity contribution < 1.29 is 0 Å². The third-order valence-electron chi connectivity index (χ3n) is 3.71. The fourth-order valence-electron chi connectivity index (χ4n) is 2.49. The van der Waals surface area contributed by atoms with Gasteiger partial charge in [0.25, 0.3) is 0 Å². The van der Waals surface area contributed by atoms with Gasteiger partial charge in [0.1, 0.15) is 5.82 Å². The van der Waals surface area contributed by atoms with Gasteiger partial charge in [0.15, 0.2) is 0 Å². The van der Waals surface area contributed by atoms with Crippen molar-refractivity contribution in [1.29, 1.82) is 0 Å². The lowest BCUT2D eigenvalue weighted by atomic mass is 10.0. The van der Waals surface area contributed by atoms with Gasteiger partial charge in [-0.2, -0.15) is 0 Å².